The Morgan fingerprint density at radius 2 is 1.79 bits per heavy atom. The van der Waals surface area contributed by atoms with E-state index in [-0.39, 0.29) is 22.8 Å². The van der Waals surface area contributed by atoms with E-state index in [1.54, 1.807) is 4.57 Å². The average Bonchev–Trinajstić information content (AvgIpc) is 3.27. The maximum atomic E-state index is 11.7. The molecule has 0 saturated carbocycles. The normalized spacial score (nSPS) is 14.5. The van der Waals surface area contributed by atoms with Crippen LogP contribution in [-0.4, -0.2) is 32.2 Å². The van der Waals surface area contributed by atoms with Gasteiger partial charge in [0.05, 0.1) is 9.82 Å². The molecule has 1 atom stereocenters. The third-order valence-corrected chi connectivity index (χ3v) is 6.12. The van der Waals surface area contributed by atoms with E-state index in [1.165, 1.54) is 12.1 Å². The summed E-state index contributed by atoms with van der Waals surface area (Å²) < 4.78 is 13.8. The molecule has 1 aliphatic rings. The summed E-state index contributed by atoms with van der Waals surface area (Å²) in [6.45, 7) is 0.222. The maximum absolute atomic E-state index is 11.7. The van der Waals surface area contributed by atoms with E-state index in [9.17, 15) is 14.9 Å². The molecule has 3 aromatic carbocycles. The van der Waals surface area contributed by atoms with Crippen LogP contribution in [0.3, 0.4) is 0 Å². The molecular formula is C23H17N5O5S. The molecule has 0 radical (unpaired) electrons. The Hall–Kier alpha value is -4.38. The number of nitrogens with two attached hydrogens (primary N) is 1. The summed E-state index contributed by atoms with van der Waals surface area (Å²) in [4.78, 5) is 22.9. The van der Waals surface area contributed by atoms with Crippen LogP contribution >= 0.6 is 11.8 Å². The van der Waals surface area contributed by atoms with Crippen LogP contribution in [0.1, 0.15) is 22.3 Å². The van der Waals surface area contributed by atoms with Crippen molar-refractivity contribution in [3.8, 4) is 17.2 Å². The monoisotopic (exact) mass is 475 g/mol. The van der Waals surface area contributed by atoms with Gasteiger partial charge >= 0.3 is 0 Å². The predicted octanol–water partition coefficient (Wildman–Crippen LogP) is 3.94. The van der Waals surface area contributed by atoms with Crippen LogP contribution in [0.2, 0.25) is 0 Å². The number of carbonyl (C=O) groups excluding carboxylic acids is 1. The Balaban J connectivity index is 1.57. The molecule has 0 spiro atoms. The molecule has 0 fully saturated rings. The number of fused-ring (bicyclic) bond motifs is 1. The van der Waals surface area contributed by atoms with E-state index in [2.05, 4.69) is 10.2 Å². The molecule has 0 saturated heterocycles. The summed E-state index contributed by atoms with van der Waals surface area (Å²) in [5.41, 5.74) is 5.83. The van der Waals surface area contributed by atoms with Crippen molar-refractivity contribution in [2.45, 2.75) is 16.2 Å². The quantitative estimate of drug-likeness (QED) is 0.327. The molecule has 2 heterocycles. The lowest BCUT2D eigenvalue weighted by Gasteiger charge is -2.26. The zero-order valence-electron chi connectivity index (χ0n) is 17.5. The number of amides is 1. The Morgan fingerprint density at radius 3 is 2.53 bits per heavy atom. The highest BCUT2D eigenvalue weighted by Crippen LogP contribution is 2.39. The van der Waals surface area contributed by atoms with Crippen LogP contribution in [0.15, 0.2) is 82.8 Å². The summed E-state index contributed by atoms with van der Waals surface area (Å²) in [7, 11) is 0. The van der Waals surface area contributed by atoms with Gasteiger partial charge in [-0.15, -0.1) is 10.2 Å². The van der Waals surface area contributed by atoms with Crippen molar-refractivity contribution in [3.63, 3.8) is 0 Å². The third kappa shape index (κ3) is 4.04. The second kappa shape index (κ2) is 8.87. The topological polar surface area (TPSA) is 135 Å². The average molecular weight is 475 g/mol. The summed E-state index contributed by atoms with van der Waals surface area (Å²) in [5, 5.41) is 20.7. The molecule has 5 rings (SSSR count). The molecule has 0 bridgehead atoms. The van der Waals surface area contributed by atoms with Crippen LogP contribution in [0.4, 0.5) is 5.69 Å². The first-order valence-corrected chi connectivity index (χ1v) is 11.0. The van der Waals surface area contributed by atoms with E-state index in [4.69, 9.17) is 15.2 Å². The molecule has 10 nitrogen and oxygen atoms in total. The van der Waals surface area contributed by atoms with Crippen LogP contribution in [0, 0.1) is 10.1 Å². The van der Waals surface area contributed by atoms with E-state index >= 15 is 0 Å². The lowest BCUT2D eigenvalue weighted by atomic mass is 10.2. The second-order valence-corrected chi connectivity index (χ2v) is 8.29. The van der Waals surface area contributed by atoms with Crippen molar-refractivity contribution >= 4 is 23.4 Å². The number of nitro benzene ring substituents is 1. The molecule has 1 amide bonds. The number of primary amides is 1. The van der Waals surface area contributed by atoms with Gasteiger partial charge < -0.3 is 15.2 Å². The van der Waals surface area contributed by atoms with Gasteiger partial charge in [-0.1, -0.05) is 30.3 Å². The number of para-hydroxylation sites is 3. The van der Waals surface area contributed by atoms with Crippen molar-refractivity contribution in [1.82, 2.24) is 14.8 Å². The Labute approximate surface area is 197 Å². The summed E-state index contributed by atoms with van der Waals surface area (Å²) in [6, 6.07) is 20.8. The fraction of sp³-hybridized carbons (Fsp3) is 0.0870. The highest BCUT2D eigenvalue weighted by atomic mass is 32.2. The fourth-order valence-corrected chi connectivity index (χ4v) is 4.46. The minimum Gasteiger partial charge on any atom is -0.485 e. The first-order chi connectivity index (χ1) is 16.5. The van der Waals surface area contributed by atoms with Crippen molar-refractivity contribution in [1.29, 1.82) is 0 Å². The van der Waals surface area contributed by atoms with Gasteiger partial charge in [0.25, 0.3) is 5.69 Å². The SMILES string of the molecule is NC(=O)c1ccc(Sc2nnc(C3COc4ccccc4O3)n2-c2ccccc2)c([N+](=O)[O-])c1. The minimum absolute atomic E-state index is 0.0488. The van der Waals surface area contributed by atoms with E-state index in [0.29, 0.717) is 22.5 Å². The molecular weight excluding hydrogens is 458 g/mol. The lowest BCUT2D eigenvalue weighted by molar-refractivity contribution is -0.387. The zero-order chi connectivity index (χ0) is 23.7. The number of hydrogen-bond acceptors (Lipinski definition) is 8. The van der Waals surface area contributed by atoms with Crippen molar-refractivity contribution in [2.24, 2.45) is 5.73 Å². The van der Waals surface area contributed by atoms with Crippen LogP contribution in [0.25, 0.3) is 5.69 Å². The molecule has 2 N–H and O–H groups in total. The van der Waals surface area contributed by atoms with Gasteiger partial charge in [0, 0.05) is 17.3 Å². The highest BCUT2D eigenvalue weighted by Gasteiger charge is 2.30. The van der Waals surface area contributed by atoms with Crippen LogP contribution < -0.4 is 15.2 Å². The van der Waals surface area contributed by atoms with Crippen LogP contribution in [-0.2, 0) is 0 Å². The Bertz CT molecular complexity index is 1390. The van der Waals surface area contributed by atoms with Gasteiger partial charge in [0.15, 0.2) is 23.4 Å². The fourth-order valence-electron chi connectivity index (χ4n) is 3.52. The number of rotatable bonds is 6. The molecule has 34 heavy (non-hydrogen) atoms. The van der Waals surface area contributed by atoms with Gasteiger partial charge in [-0.25, -0.2) is 0 Å². The number of aromatic nitrogens is 3. The second-order valence-electron chi connectivity index (χ2n) is 7.28. The maximum Gasteiger partial charge on any atom is 0.284 e. The number of nitro groups is 1. The lowest BCUT2D eigenvalue weighted by Crippen LogP contribution is -2.24. The molecule has 1 aliphatic heterocycles. The number of ether oxygens (including phenoxy) is 2. The van der Waals surface area contributed by atoms with Gasteiger partial charge in [0.2, 0.25) is 11.1 Å². The first-order valence-electron chi connectivity index (χ1n) is 10.2. The van der Waals surface area contributed by atoms with Crippen molar-refractivity contribution in [2.75, 3.05) is 6.61 Å². The number of nitrogens with zero attached hydrogens (tertiary/aromatic N) is 4. The smallest absolute Gasteiger partial charge is 0.284 e. The molecule has 1 aromatic heterocycles. The number of hydrogen-bond donors (Lipinski definition) is 1. The summed E-state index contributed by atoms with van der Waals surface area (Å²) in [6.07, 6.45) is -0.552. The third-order valence-electron chi connectivity index (χ3n) is 5.11. The summed E-state index contributed by atoms with van der Waals surface area (Å²) in [5.74, 6) is 0.973. The zero-order valence-corrected chi connectivity index (χ0v) is 18.3. The largest absolute Gasteiger partial charge is 0.485 e. The Morgan fingerprint density at radius 1 is 1.06 bits per heavy atom. The molecule has 11 heteroatoms. The van der Waals surface area contributed by atoms with Gasteiger partial charge in [-0.3, -0.25) is 19.5 Å². The number of benzene rings is 3. The highest BCUT2D eigenvalue weighted by molar-refractivity contribution is 7.99. The van der Waals surface area contributed by atoms with Crippen LogP contribution in [0.5, 0.6) is 11.5 Å². The number of carbonyl (C=O) groups is 1. The predicted molar refractivity (Wildman–Crippen MR) is 122 cm³/mol. The van der Waals surface area contributed by atoms with E-state index in [0.717, 1.165) is 23.5 Å². The Kier molecular flexibility index (Phi) is 5.60. The molecule has 4 aromatic rings. The van der Waals surface area contributed by atoms with E-state index in [1.807, 2.05) is 54.6 Å². The van der Waals surface area contributed by atoms with Crippen molar-refractivity contribution < 1.29 is 19.2 Å². The molecule has 1 unspecified atom stereocenters. The van der Waals surface area contributed by atoms with Crippen molar-refractivity contribution in [3.05, 3.63) is 94.3 Å². The molecule has 170 valence electrons. The van der Waals surface area contributed by atoms with Gasteiger partial charge in [-0.2, -0.15) is 0 Å². The first kappa shape index (κ1) is 21.5. The van der Waals surface area contributed by atoms with Gasteiger partial charge in [-0.05, 0) is 48.2 Å². The molecule has 0 aliphatic carbocycles. The standard InChI is InChI=1S/C23H17N5O5S/c24-21(29)14-10-11-20(16(12-14)28(30)31)34-23-26-25-22(27(23)15-6-2-1-3-7-15)19-13-32-17-8-4-5-9-18(17)33-19/h1-12,19H,13H2,(H2,24,29). The van der Waals surface area contributed by atoms with E-state index < -0.39 is 16.9 Å². The van der Waals surface area contributed by atoms with Gasteiger partial charge in [0.1, 0.15) is 6.61 Å². The minimum atomic E-state index is -0.746. The summed E-state index contributed by atoms with van der Waals surface area (Å²) >= 11 is 1.05.